The van der Waals surface area contributed by atoms with E-state index in [-0.39, 0.29) is 6.54 Å². The summed E-state index contributed by atoms with van der Waals surface area (Å²) >= 11 is 0. The number of benzene rings is 1. The molecule has 0 aromatic heterocycles. The van der Waals surface area contributed by atoms with E-state index in [1.54, 1.807) is 26.4 Å². The second-order valence-electron chi connectivity index (χ2n) is 5.35. The van der Waals surface area contributed by atoms with Crippen LogP contribution in [0.3, 0.4) is 0 Å². The van der Waals surface area contributed by atoms with E-state index in [0.29, 0.717) is 17.1 Å². The van der Waals surface area contributed by atoms with Crippen molar-refractivity contribution in [3.63, 3.8) is 0 Å². The number of ether oxygens (including phenoxy) is 2. The number of nitrogens with two attached hydrogens (primary N) is 1. The molecule has 0 aliphatic heterocycles. The van der Waals surface area contributed by atoms with E-state index in [4.69, 9.17) is 15.2 Å². The highest BCUT2D eigenvalue weighted by Gasteiger charge is 2.44. The highest BCUT2D eigenvalue weighted by Crippen LogP contribution is 2.46. The van der Waals surface area contributed by atoms with Crippen LogP contribution in [-0.2, 0) is 5.60 Å². The fourth-order valence-electron chi connectivity index (χ4n) is 2.04. The summed E-state index contributed by atoms with van der Waals surface area (Å²) in [5.41, 5.74) is 4.75. The van der Waals surface area contributed by atoms with Crippen LogP contribution in [-0.4, -0.2) is 25.9 Å². The van der Waals surface area contributed by atoms with Gasteiger partial charge in [0.2, 0.25) is 0 Å². The van der Waals surface area contributed by atoms with Crippen molar-refractivity contribution in [2.24, 2.45) is 11.1 Å². The van der Waals surface area contributed by atoms with E-state index in [9.17, 15) is 5.11 Å². The van der Waals surface area contributed by atoms with Gasteiger partial charge in [0.1, 0.15) is 17.1 Å². The summed E-state index contributed by atoms with van der Waals surface area (Å²) in [5.74, 6) is 1.16. The molecule has 102 valence electrons. The average molecular weight is 253 g/mol. The minimum Gasteiger partial charge on any atom is -0.496 e. The van der Waals surface area contributed by atoms with Gasteiger partial charge in [0, 0.05) is 6.54 Å². The van der Waals surface area contributed by atoms with E-state index in [2.05, 4.69) is 0 Å². The molecule has 3 N–H and O–H groups in total. The Balaban J connectivity index is 3.55. The van der Waals surface area contributed by atoms with Crippen molar-refractivity contribution < 1.29 is 14.6 Å². The molecule has 0 radical (unpaired) electrons. The van der Waals surface area contributed by atoms with Crippen LogP contribution in [0.25, 0.3) is 0 Å². The number of hydrogen-bond donors (Lipinski definition) is 2. The summed E-state index contributed by atoms with van der Waals surface area (Å²) in [6, 6.07) is 5.41. The zero-order valence-corrected chi connectivity index (χ0v) is 11.8. The smallest absolute Gasteiger partial charge is 0.128 e. The van der Waals surface area contributed by atoms with Crippen molar-refractivity contribution in [1.82, 2.24) is 0 Å². The number of aliphatic hydroxyl groups is 1. The molecule has 1 atom stereocenters. The topological polar surface area (TPSA) is 64.7 Å². The van der Waals surface area contributed by atoms with Crippen LogP contribution in [0.2, 0.25) is 0 Å². The monoisotopic (exact) mass is 253 g/mol. The van der Waals surface area contributed by atoms with Crippen LogP contribution in [0.15, 0.2) is 18.2 Å². The summed E-state index contributed by atoms with van der Waals surface area (Å²) in [4.78, 5) is 0. The Morgan fingerprint density at radius 1 is 1.11 bits per heavy atom. The van der Waals surface area contributed by atoms with Gasteiger partial charge in [0.05, 0.1) is 19.8 Å². The average Bonchev–Trinajstić information content (AvgIpc) is 2.35. The Labute approximate surface area is 109 Å². The SMILES string of the molecule is COc1cccc(OC)c1C(O)(CN)C(C)(C)C. The van der Waals surface area contributed by atoms with Gasteiger partial charge in [-0.1, -0.05) is 26.8 Å². The first-order valence-corrected chi connectivity index (χ1v) is 5.95. The summed E-state index contributed by atoms with van der Waals surface area (Å²) in [6.07, 6.45) is 0. The van der Waals surface area contributed by atoms with Crippen molar-refractivity contribution in [3.05, 3.63) is 23.8 Å². The van der Waals surface area contributed by atoms with E-state index in [1.165, 1.54) is 0 Å². The molecule has 0 fully saturated rings. The van der Waals surface area contributed by atoms with Gasteiger partial charge in [-0.15, -0.1) is 0 Å². The quantitative estimate of drug-likeness (QED) is 0.860. The first-order valence-electron chi connectivity index (χ1n) is 5.95. The fraction of sp³-hybridized carbons (Fsp3) is 0.571. The first kappa shape index (κ1) is 14.8. The molecule has 18 heavy (non-hydrogen) atoms. The molecule has 0 aliphatic carbocycles. The van der Waals surface area contributed by atoms with E-state index in [0.717, 1.165) is 0 Å². The van der Waals surface area contributed by atoms with Gasteiger partial charge < -0.3 is 20.3 Å². The predicted octanol–water partition coefficient (Wildman–Crippen LogP) is 1.90. The lowest BCUT2D eigenvalue weighted by molar-refractivity contribution is -0.0587. The van der Waals surface area contributed by atoms with Gasteiger partial charge in [-0.2, -0.15) is 0 Å². The molecule has 1 unspecified atom stereocenters. The third kappa shape index (κ3) is 2.31. The summed E-state index contributed by atoms with van der Waals surface area (Å²) in [6.45, 7) is 5.90. The van der Waals surface area contributed by atoms with Crippen molar-refractivity contribution in [3.8, 4) is 11.5 Å². The lowest BCUT2D eigenvalue weighted by Crippen LogP contribution is -2.46. The molecule has 1 rings (SSSR count). The zero-order chi connectivity index (χ0) is 14.0. The van der Waals surface area contributed by atoms with Gasteiger partial charge >= 0.3 is 0 Å². The van der Waals surface area contributed by atoms with Crippen LogP contribution in [0.4, 0.5) is 0 Å². The maximum atomic E-state index is 11.0. The molecule has 0 bridgehead atoms. The molecule has 4 heteroatoms. The zero-order valence-electron chi connectivity index (χ0n) is 11.8. The Kier molecular flexibility index (Phi) is 4.24. The van der Waals surface area contributed by atoms with Gasteiger partial charge in [0.15, 0.2) is 0 Å². The first-order chi connectivity index (χ1) is 8.31. The molecule has 0 saturated heterocycles. The van der Waals surface area contributed by atoms with Gasteiger partial charge in [-0.25, -0.2) is 0 Å². The third-order valence-corrected chi connectivity index (χ3v) is 3.38. The van der Waals surface area contributed by atoms with Crippen molar-refractivity contribution in [2.45, 2.75) is 26.4 Å². The Hall–Kier alpha value is -1.26. The number of hydrogen-bond acceptors (Lipinski definition) is 4. The van der Waals surface area contributed by atoms with E-state index in [1.807, 2.05) is 26.8 Å². The molecule has 1 aromatic rings. The minimum absolute atomic E-state index is 0.0905. The third-order valence-electron chi connectivity index (χ3n) is 3.38. The summed E-state index contributed by atoms with van der Waals surface area (Å²) in [7, 11) is 3.13. The summed E-state index contributed by atoms with van der Waals surface area (Å²) in [5, 5.41) is 11.0. The Morgan fingerprint density at radius 2 is 1.56 bits per heavy atom. The van der Waals surface area contributed by atoms with Crippen molar-refractivity contribution >= 4 is 0 Å². The second kappa shape index (κ2) is 5.16. The molecule has 0 aliphatic rings. The normalized spacial score (nSPS) is 15.1. The molecule has 4 nitrogen and oxygen atoms in total. The van der Waals surface area contributed by atoms with Crippen molar-refractivity contribution in [2.75, 3.05) is 20.8 Å². The molecule has 0 saturated carbocycles. The van der Waals surface area contributed by atoms with E-state index < -0.39 is 11.0 Å². The van der Waals surface area contributed by atoms with Crippen LogP contribution in [0.5, 0.6) is 11.5 Å². The minimum atomic E-state index is -1.22. The Bertz CT molecular complexity index is 390. The standard InChI is InChI=1S/C14H23NO3/c1-13(2,3)14(16,9-15)12-10(17-4)7-6-8-11(12)18-5/h6-8,16H,9,15H2,1-5H3. The van der Waals surface area contributed by atoms with Gasteiger partial charge in [0.25, 0.3) is 0 Å². The molecule has 0 amide bonds. The molecule has 0 heterocycles. The second-order valence-corrected chi connectivity index (χ2v) is 5.35. The Morgan fingerprint density at radius 3 is 1.83 bits per heavy atom. The predicted molar refractivity (Wildman–Crippen MR) is 72.0 cm³/mol. The summed E-state index contributed by atoms with van der Waals surface area (Å²) < 4.78 is 10.7. The lowest BCUT2D eigenvalue weighted by Gasteiger charge is -2.41. The number of methoxy groups -OCH3 is 2. The molecular weight excluding hydrogens is 230 g/mol. The van der Waals surface area contributed by atoms with E-state index >= 15 is 0 Å². The largest absolute Gasteiger partial charge is 0.496 e. The van der Waals surface area contributed by atoms with Gasteiger partial charge in [-0.3, -0.25) is 0 Å². The molecular formula is C14H23NO3. The highest BCUT2D eigenvalue weighted by atomic mass is 16.5. The highest BCUT2D eigenvalue weighted by molar-refractivity contribution is 5.49. The fourth-order valence-corrected chi connectivity index (χ4v) is 2.04. The molecule has 0 spiro atoms. The van der Waals surface area contributed by atoms with Gasteiger partial charge in [-0.05, 0) is 17.5 Å². The van der Waals surface area contributed by atoms with Crippen LogP contribution < -0.4 is 15.2 Å². The number of rotatable bonds is 4. The van der Waals surface area contributed by atoms with Crippen LogP contribution in [0, 0.1) is 5.41 Å². The van der Waals surface area contributed by atoms with Crippen molar-refractivity contribution in [1.29, 1.82) is 0 Å². The lowest BCUT2D eigenvalue weighted by atomic mass is 9.71. The maximum absolute atomic E-state index is 11.0. The van der Waals surface area contributed by atoms with Crippen LogP contribution in [0.1, 0.15) is 26.3 Å². The van der Waals surface area contributed by atoms with Crippen LogP contribution >= 0.6 is 0 Å². The maximum Gasteiger partial charge on any atom is 0.128 e. The molecule has 1 aromatic carbocycles.